The highest BCUT2D eigenvalue weighted by molar-refractivity contribution is 4.97. The van der Waals surface area contributed by atoms with Crippen LogP contribution in [0.3, 0.4) is 0 Å². The third kappa shape index (κ3) is 7.59. The third-order valence-corrected chi connectivity index (χ3v) is 2.01. The first-order valence-electron chi connectivity index (χ1n) is 5.11. The lowest BCUT2D eigenvalue weighted by Crippen LogP contribution is -1.72. The van der Waals surface area contributed by atoms with Crippen molar-refractivity contribution in [2.24, 2.45) is 0 Å². The average molecular weight is 166 g/mol. The largest absolute Gasteiger partial charge is 0.0885 e. The van der Waals surface area contributed by atoms with Crippen molar-refractivity contribution in [2.45, 2.75) is 52.9 Å². The Morgan fingerprint density at radius 2 is 1.67 bits per heavy atom. The molecular weight excluding hydrogens is 144 g/mol. The molecule has 0 unspecified atom stereocenters. The van der Waals surface area contributed by atoms with Gasteiger partial charge in [-0.25, -0.2) is 0 Å². The molecule has 0 aromatic rings. The van der Waals surface area contributed by atoms with Crippen LogP contribution in [0.25, 0.3) is 0 Å². The monoisotopic (exact) mass is 166 g/mol. The normalized spacial score (nSPS) is 12.8. The minimum atomic E-state index is 1.19. The zero-order valence-electron chi connectivity index (χ0n) is 8.77. The molecule has 0 saturated heterocycles. The quantitative estimate of drug-likeness (QED) is 0.403. The zero-order chi connectivity index (χ0) is 9.23. The maximum absolute atomic E-state index is 2.34. The van der Waals surface area contributed by atoms with Crippen molar-refractivity contribution in [3.8, 4) is 0 Å². The van der Waals surface area contributed by atoms with Gasteiger partial charge in [0, 0.05) is 0 Å². The molecule has 0 amide bonds. The number of hydrogen-bond donors (Lipinski definition) is 0. The van der Waals surface area contributed by atoms with E-state index in [2.05, 4.69) is 39.0 Å². The summed E-state index contributed by atoms with van der Waals surface area (Å²) in [5.41, 5.74) is 1.51. The molecule has 0 aliphatic carbocycles. The molecule has 0 aromatic carbocycles. The van der Waals surface area contributed by atoms with Gasteiger partial charge in [0.2, 0.25) is 0 Å². The van der Waals surface area contributed by atoms with E-state index in [1.54, 1.807) is 0 Å². The molecule has 0 atom stereocenters. The maximum atomic E-state index is 2.34. The third-order valence-electron chi connectivity index (χ3n) is 2.01. The summed E-state index contributed by atoms with van der Waals surface area (Å²) in [5, 5.41) is 0. The van der Waals surface area contributed by atoms with Gasteiger partial charge >= 0.3 is 0 Å². The highest BCUT2D eigenvalue weighted by Gasteiger charge is 1.82. The maximum Gasteiger partial charge on any atom is -0.0313 e. The van der Waals surface area contributed by atoms with Crippen molar-refractivity contribution in [3.05, 3.63) is 23.8 Å². The predicted molar refractivity (Wildman–Crippen MR) is 57.3 cm³/mol. The lowest BCUT2D eigenvalue weighted by atomic mass is 10.1. The Kier molecular flexibility index (Phi) is 8.20. The highest BCUT2D eigenvalue weighted by atomic mass is 13.9. The van der Waals surface area contributed by atoms with Crippen molar-refractivity contribution in [2.75, 3.05) is 0 Å². The molecule has 0 heteroatoms. The lowest BCUT2D eigenvalue weighted by molar-refractivity contribution is 0.939. The highest BCUT2D eigenvalue weighted by Crippen LogP contribution is 2.03. The first-order chi connectivity index (χ1) is 5.81. The molecule has 0 aliphatic rings. The summed E-state index contributed by atoms with van der Waals surface area (Å²) in [6.07, 6.45) is 13.0. The van der Waals surface area contributed by atoms with E-state index in [-0.39, 0.29) is 0 Å². The van der Waals surface area contributed by atoms with E-state index in [0.29, 0.717) is 0 Å². The van der Waals surface area contributed by atoms with Crippen LogP contribution in [0.15, 0.2) is 23.8 Å². The van der Waals surface area contributed by atoms with Gasteiger partial charge < -0.3 is 0 Å². The smallest absolute Gasteiger partial charge is 0.0313 e. The van der Waals surface area contributed by atoms with Crippen LogP contribution in [0, 0.1) is 0 Å². The topological polar surface area (TPSA) is 0 Å². The van der Waals surface area contributed by atoms with Gasteiger partial charge in [0.25, 0.3) is 0 Å². The Bertz CT molecular complexity index is 140. The number of unbranched alkanes of at least 4 members (excludes halogenated alkanes) is 2. The van der Waals surface area contributed by atoms with Crippen LogP contribution in [0.5, 0.6) is 0 Å². The van der Waals surface area contributed by atoms with Gasteiger partial charge in [-0.15, -0.1) is 0 Å². The van der Waals surface area contributed by atoms with Crippen LogP contribution in [-0.4, -0.2) is 0 Å². The van der Waals surface area contributed by atoms with E-state index in [1.165, 1.54) is 37.7 Å². The Morgan fingerprint density at radius 1 is 1.00 bits per heavy atom. The van der Waals surface area contributed by atoms with E-state index < -0.39 is 0 Å². The fourth-order valence-electron chi connectivity index (χ4n) is 0.973. The number of hydrogen-bond acceptors (Lipinski definition) is 0. The standard InChI is InChI=1S/C12H22/c1-4-6-7-8-9-10-11-12(3)5-2/h7-8,11H,4-6,9-10H2,1-3H3. The first-order valence-corrected chi connectivity index (χ1v) is 5.11. The van der Waals surface area contributed by atoms with Gasteiger partial charge in [0.05, 0.1) is 0 Å². The molecule has 0 fully saturated rings. The molecule has 0 heterocycles. The molecular formula is C12H22. The van der Waals surface area contributed by atoms with Crippen LogP contribution in [0.4, 0.5) is 0 Å². The van der Waals surface area contributed by atoms with Crippen molar-refractivity contribution in [1.29, 1.82) is 0 Å². The van der Waals surface area contributed by atoms with Gasteiger partial charge in [-0.3, -0.25) is 0 Å². The molecule has 0 radical (unpaired) electrons. The lowest BCUT2D eigenvalue weighted by Gasteiger charge is -1.93. The van der Waals surface area contributed by atoms with E-state index in [4.69, 9.17) is 0 Å². The Hall–Kier alpha value is -0.520. The molecule has 0 rings (SSSR count). The molecule has 0 spiro atoms. The first kappa shape index (κ1) is 11.5. The minimum absolute atomic E-state index is 1.19. The van der Waals surface area contributed by atoms with Crippen LogP contribution >= 0.6 is 0 Å². The molecule has 12 heavy (non-hydrogen) atoms. The summed E-state index contributed by atoms with van der Waals surface area (Å²) in [4.78, 5) is 0. The van der Waals surface area contributed by atoms with Gasteiger partial charge in [0.15, 0.2) is 0 Å². The van der Waals surface area contributed by atoms with Crippen molar-refractivity contribution >= 4 is 0 Å². The average Bonchev–Trinajstić information content (AvgIpc) is 2.10. The van der Waals surface area contributed by atoms with Crippen molar-refractivity contribution in [3.63, 3.8) is 0 Å². The molecule has 0 nitrogen and oxygen atoms in total. The van der Waals surface area contributed by atoms with Gasteiger partial charge in [0.1, 0.15) is 0 Å². The second-order valence-corrected chi connectivity index (χ2v) is 3.24. The van der Waals surface area contributed by atoms with E-state index in [9.17, 15) is 0 Å². The van der Waals surface area contributed by atoms with Gasteiger partial charge in [-0.05, 0) is 32.6 Å². The molecule has 0 bridgehead atoms. The number of allylic oxidation sites excluding steroid dienone is 4. The van der Waals surface area contributed by atoms with Crippen LogP contribution < -0.4 is 0 Å². The fourth-order valence-corrected chi connectivity index (χ4v) is 0.973. The van der Waals surface area contributed by atoms with Crippen LogP contribution in [0.2, 0.25) is 0 Å². The Balaban J connectivity index is 3.31. The Labute approximate surface area is 77.4 Å². The van der Waals surface area contributed by atoms with Gasteiger partial charge in [-0.1, -0.05) is 44.1 Å². The summed E-state index contributed by atoms with van der Waals surface area (Å²) in [6.45, 7) is 6.62. The SMILES string of the molecule is CCCC=CCCC=C(C)CC. The molecule has 70 valence electrons. The van der Waals surface area contributed by atoms with E-state index >= 15 is 0 Å². The predicted octanol–water partition coefficient (Wildman–Crippen LogP) is 4.48. The van der Waals surface area contributed by atoms with Crippen LogP contribution in [0.1, 0.15) is 52.9 Å². The van der Waals surface area contributed by atoms with Crippen molar-refractivity contribution < 1.29 is 0 Å². The van der Waals surface area contributed by atoms with Gasteiger partial charge in [-0.2, -0.15) is 0 Å². The molecule has 0 aromatic heterocycles. The molecule has 0 N–H and O–H groups in total. The fraction of sp³-hybridized carbons (Fsp3) is 0.667. The zero-order valence-corrected chi connectivity index (χ0v) is 8.77. The second kappa shape index (κ2) is 8.58. The summed E-state index contributed by atoms with van der Waals surface area (Å²) in [6, 6.07) is 0. The molecule has 0 aliphatic heterocycles. The summed E-state index contributed by atoms with van der Waals surface area (Å²) >= 11 is 0. The van der Waals surface area contributed by atoms with E-state index in [0.717, 1.165) is 0 Å². The summed E-state index contributed by atoms with van der Waals surface area (Å²) < 4.78 is 0. The summed E-state index contributed by atoms with van der Waals surface area (Å²) in [7, 11) is 0. The van der Waals surface area contributed by atoms with E-state index in [1.807, 2.05) is 0 Å². The van der Waals surface area contributed by atoms with Crippen LogP contribution in [-0.2, 0) is 0 Å². The van der Waals surface area contributed by atoms with Crippen molar-refractivity contribution in [1.82, 2.24) is 0 Å². The Morgan fingerprint density at radius 3 is 2.25 bits per heavy atom. The minimum Gasteiger partial charge on any atom is -0.0885 e. The second-order valence-electron chi connectivity index (χ2n) is 3.24. The number of rotatable bonds is 6. The molecule has 0 saturated carbocycles. The summed E-state index contributed by atoms with van der Waals surface area (Å²) in [5.74, 6) is 0.